The van der Waals surface area contributed by atoms with Gasteiger partial charge in [0.25, 0.3) is 5.91 Å². The second kappa shape index (κ2) is 8.29. The average molecular weight is 315 g/mol. The maximum atomic E-state index is 12.2. The first kappa shape index (κ1) is 17.0. The number of furan rings is 1. The van der Waals surface area contributed by atoms with Crippen LogP contribution in [0.2, 0.25) is 0 Å². The highest BCUT2D eigenvalue weighted by molar-refractivity contribution is 5.88. The minimum atomic E-state index is -0.485. The molecule has 1 heterocycles. The molecule has 0 fully saturated rings. The van der Waals surface area contributed by atoms with Crippen molar-refractivity contribution in [2.24, 2.45) is 0 Å². The summed E-state index contributed by atoms with van der Waals surface area (Å²) in [5, 5.41) is 2.84. The molecule has 2 N–H and O–H groups in total. The van der Waals surface area contributed by atoms with Crippen molar-refractivity contribution in [2.75, 3.05) is 13.6 Å². The number of hydrogen-bond donors (Lipinski definition) is 2. The van der Waals surface area contributed by atoms with E-state index in [1.807, 2.05) is 49.5 Å². The van der Waals surface area contributed by atoms with Crippen LogP contribution in [0.15, 0.2) is 53.1 Å². The van der Waals surface area contributed by atoms with Crippen molar-refractivity contribution in [1.82, 2.24) is 5.32 Å². The van der Waals surface area contributed by atoms with Crippen LogP contribution in [0.3, 0.4) is 0 Å². The van der Waals surface area contributed by atoms with Crippen molar-refractivity contribution in [3.63, 3.8) is 0 Å². The molecule has 122 valence electrons. The Labute approximate surface area is 136 Å². The van der Waals surface area contributed by atoms with Crippen molar-refractivity contribution < 1.29 is 18.9 Å². The van der Waals surface area contributed by atoms with E-state index in [-0.39, 0.29) is 11.7 Å². The monoisotopic (exact) mass is 315 g/mol. The summed E-state index contributed by atoms with van der Waals surface area (Å²) in [6.07, 6.45) is 2.13. The summed E-state index contributed by atoms with van der Waals surface area (Å²) in [5.74, 6) is 0.666. The lowest BCUT2D eigenvalue weighted by atomic mass is 10.0. The zero-order valence-electron chi connectivity index (χ0n) is 13.5. The Balaban J connectivity index is 1.86. The Bertz CT molecular complexity index is 623. The van der Waals surface area contributed by atoms with Crippen molar-refractivity contribution >= 4 is 11.7 Å². The quantitative estimate of drug-likeness (QED) is 0.750. The van der Waals surface area contributed by atoms with Crippen LogP contribution in [0.5, 0.6) is 0 Å². The third kappa shape index (κ3) is 5.71. The largest absolute Gasteiger partial charge is 0.463 e. The Morgan fingerprint density at radius 2 is 1.91 bits per heavy atom. The van der Waals surface area contributed by atoms with Gasteiger partial charge in [-0.1, -0.05) is 30.3 Å². The number of carbonyl (C=O) groups excluding carboxylic acids is 2. The summed E-state index contributed by atoms with van der Waals surface area (Å²) >= 11 is 0. The van der Waals surface area contributed by atoms with E-state index in [0.29, 0.717) is 19.5 Å². The van der Waals surface area contributed by atoms with Crippen LogP contribution >= 0.6 is 0 Å². The van der Waals surface area contributed by atoms with Crippen LogP contribution in [0.4, 0.5) is 0 Å². The molecule has 0 aliphatic carbocycles. The molecule has 0 saturated heterocycles. The van der Waals surface area contributed by atoms with E-state index in [1.165, 1.54) is 6.92 Å². The van der Waals surface area contributed by atoms with Gasteiger partial charge in [-0.3, -0.25) is 9.59 Å². The topological polar surface area (TPSA) is 63.8 Å². The van der Waals surface area contributed by atoms with E-state index in [1.54, 1.807) is 6.26 Å². The normalized spacial score (nSPS) is 13.3. The molecule has 0 bridgehead atoms. The summed E-state index contributed by atoms with van der Waals surface area (Å²) in [4.78, 5) is 25.0. The Hall–Kier alpha value is -2.40. The highest BCUT2D eigenvalue weighted by Crippen LogP contribution is 2.04. The second-order valence-electron chi connectivity index (χ2n) is 5.81. The molecule has 2 aromatic rings. The molecule has 23 heavy (non-hydrogen) atoms. The lowest BCUT2D eigenvalue weighted by Gasteiger charge is -2.18. The van der Waals surface area contributed by atoms with Crippen LogP contribution in [-0.4, -0.2) is 31.3 Å². The summed E-state index contributed by atoms with van der Waals surface area (Å²) in [5.41, 5.74) is 1.03. The number of likely N-dealkylation sites (N-methyl/N-ethyl adjacent to an activating group) is 1. The minimum absolute atomic E-state index is 0.0362. The maximum Gasteiger partial charge on any atom is 0.275 e. The van der Waals surface area contributed by atoms with Gasteiger partial charge in [-0.05, 0) is 31.0 Å². The Kier molecular flexibility index (Phi) is 6.11. The predicted octanol–water partition coefficient (Wildman–Crippen LogP) is 0.611. The predicted molar refractivity (Wildman–Crippen MR) is 86.9 cm³/mol. The fourth-order valence-electron chi connectivity index (χ4n) is 2.44. The van der Waals surface area contributed by atoms with Crippen LogP contribution in [0.25, 0.3) is 0 Å². The van der Waals surface area contributed by atoms with Gasteiger partial charge >= 0.3 is 0 Å². The van der Waals surface area contributed by atoms with Gasteiger partial charge in [0, 0.05) is 0 Å². The van der Waals surface area contributed by atoms with Gasteiger partial charge in [0.15, 0.2) is 18.1 Å². The molecule has 0 aliphatic heterocycles. The SMILES string of the molecule is CC(=O)[C@H](Cc1ccccc1)NC(=O)C[NH+](C)Cc1ccco1. The standard InChI is InChI=1S/C18H22N2O3/c1-14(21)17(11-15-7-4-3-5-8-15)19-18(22)13-20(2)12-16-9-6-10-23-16/h3-10,17H,11-13H2,1-2H3,(H,19,22)/p+1/t17-/m0/s1. The number of nitrogens with one attached hydrogen (secondary N) is 2. The number of ketones is 1. The fraction of sp³-hybridized carbons (Fsp3) is 0.333. The lowest BCUT2D eigenvalue weighted by Crippen LogP contribution is -3.09. The van der Waals surface area contributed by atoms with E-state index < -0.39 is 6.04 Å². The van der Waals surface area contributed by atoms with E-state index in [2.05, 4.69) is 5.32 Å². The molecule has 1 amide bonds. The Morgan fingerprint density at radius 1 is 1.17 bits per heavy atom. The van der Waals surface area contributed by atoms with Crippen LogP contribution in [0.1, 0.15) is 18.2 Å². The van der Waals surface area contributed by atoms with Crippen LogP contribution in [0, 0.1) is 0 Å². The zero-order chi connectivity index (χ0) is 16.7. The van der Waals surface area contributed by atoms with Crippen molar-refractivity contribution in [3.05, 3.63) is 60.1 Å². The molecule has 0 radical (unpaired) electrons. The van der Waals surface area contributed by atoms with Crippen LogP contribution < -0.4 is 10.2 Å². The first-order valence-corrected chi connectivity index (χ1v) is 7.72. The van der Waals surface area contributed by atoms with Crippen LogP contribution in [-0.2, 0) is 22.6 Å². The van der Waals surface area contributed by atoms with Gasteiger partial charge in [0.05, 0.1) is 19.4 Å². The third-order valence-electron chi connectivity index (χ3n) is 3.63. The van der Waals surface area contributed by atoms with Gasteiger partial charge in [-0.2, -0.15) is 0 Å². The molecule has 2 atom stereocenters. The number of hydrogen-bond acceptors (Lipinski definition) is 3. The molecule has 1 aromatic heterocycles. The van der Waals surface area contributed by atoms with Gasteiger partial charge in [0.1, 0.15) is 6.54 Å². The summed E-state index contributed by atoms with van der Waals surface area (Å²) in [6, 6.07) is 12.9. The maximum absolute atomic E-state index is 12.2. The van der Waals surface area contributed by atoms with E-state index in [4.69, 9.17) is 4.42 Å². The smallest absolute Gasteiger partial charge is 0.275 e. The number of benzene rings is 1. The molecule has 0 saturated carbocycles. The van der Waals surface area contributed by atoms with Crippen molar-refractivity contribution in [1.29, 1.82) is 0 Å². The molecule has 0 aliphatic rings. The summed E-state index contributed by atoms with van der Waals surface area (Å²) < 4.78 is 5.28. The molecule has 1 aromatic carbocycles. The first-order chi connectivity index (χ1) is 11.0. The number of carbonyl (C=O) groups is 2. The summed E-state index contributed by atoms with van der Waals surface area (Å²) in [7, 11) is 1.92. The van der Waals surface area contributed by atoms with E-state index in [9.17, 15) is 9.59 Å². The first-order valence-electron chi connectivity index (χ1n) is 7.72. The molecular weight excluding hydrogens is 292 g/mol. The molecule has 5 heteroatoms. The number of quaternary nitrogens is 1. The summed E-state index contributed by atoms with van der Waals surface area (Å²) in [6.45, 7) is 2.43. The zero-order valence-corrected chi connectivity index (χ0v) is 13.5. The molecule has 2 rings (SSSR count). The van der Waals surface area contributed by atoms with Gasteiger partial charge < -0.3 is 14.6 Å². The number of rotatable bonds is 8. The Morgan fingerprint density at radius 3 is 2.52 bits per heavy atom. The van der Waals surface area contributed by atoms with E-state index in [0.717, 1.165) is 16.2 Å². The van der Waals surface area contributed by atoms with E-state index >= 15 is 0 Å². The average Bonchev–Trinajstić information content (AvgIpc) is 3.00. The highest BCUT2D eigenvalue weighted by Gasteiger charge is 2.20. The van der Waals surface area contributed by atoms with Crippen molar-refractivity contribution in [3.8, 4) is 0 Å². The molecule has 1 unspecified atom stereocenters. The second-order valence-corrected chi connectivity index (χ2v) is 5.81. The fourth-order valence-corrected chi connectivity index (χ4v) is 2.44. The van der Waals surface area contributed by atoms with Gasteiger partial charge in [-0.25, -0.2) is 0 Å². The number of Topliss-reactive ketones (excluding diaryl/α,β-unsaturated/α-hetero) is 1. The highest BCUT2D eigenvalue weighted by atomic mass is 16.3. The van der Waals surface area contributed by atoms with Gasteiger partial charge in [0.2, 0.25) is 0 Å². The lowest BCUT2D eigenvalue weighted by molar-refractivity contribution is -0.886. The minimum Gasteiger partial charge on any atom is -0.463 e. The molecule has 0 spiro atoms. The number of amides is 1. The van der Waals surface area contributed by atoms with Crippen molar-refractivity contribution in [2.45, 2.75) is 25.9 Å². The van der Waals surface area contributed by atoms with Gasteiger partial charge in [-0.15, -0.1) is 0 Å². The third-order valence-corrected chi connectivity index (χ3v) is 3.63. The molecule has 5 nitrogen and oxygen atoms in total. The molecular formula is C18H23N2O3+.